The van der Waals surface area contributed by atoms with Crippen LogP contribution >= 0.6 is 0 Å². The number of nitrogens with zero attached hydrogens (tertiary/aromatic N) is 4. The highest BCUT2D eigenvalue weighted by Gasteiger charge is 2.65. The topological polar surface area (TPSA) is 140 Å². The third kappa shape index (κ3) is 4.26. The van der Waals surface area contributed by atoms with Crippen LogP contribution in [0.25, 0.3) is 11.3 Å². The number of anilines is 2. The molecule has 1 aliphatic heterocycles. The number of carbonyl (C=O) groups excluding carboxylic acids is 1. The van der Waals surface area contributed by atoms with Crippen molar-refractivity contribution in [2.45, 2.75) is 43.9 Å². The van der Waals surface area contributed by atoms with Gasteiger partial charge >= 0.3 is 0 Å². The van der Waals surface area contributed by atoms with Gasteiger partial charge < -0.3 is 15.4 Å². The van der Waals surface area contributed by atoms with E-state index in [2.05, 4.69) is 19.6 Å². The summed E-state index contributed by atoms with van der Waals surface area (Å²) in [4.78, 5) is 28.6. The van der Waals surface area contributed by atoms with Gasteiger partial charge in [-0.2, -0.15) is 8.42 Å². The number of nitrogen functional groups attached to an aromatic ring is 1. The molecule has 0 radical (unpaired) electrons. The highest BCUT2D eigenvalue weighted by Crippen LogP contribution is 2.64. The van der Waals surface area contributed by atoms with Gasteiger partial charge in [0.05, 0.1) is 17.4 Å². The van der Waals surface area contributed by atoms with Gasteiger partial charge in [0.15, 0.2) is 5.03 Å². The Labute approximate surface area is 215 Å². The van der Waals surface area contributed by atoms with Crippen LogP contribution in [0.3, 0.4) is 0 Å². The average Bonchev–Trinajstić information content (AvgIpc) is 3.22. The molecule has 0 aromatic carbocycles. The number of aromatic nitrogens is 3. The number of sulfonamides is 1. The van der Waals surface area contributed by atoms with Crippen molar-refractivity contribution in [1.29, 1.82) is 0 Å². The normalized spacial score (nSPS) is 23.7. The van der Waals surface area contributed by atoms with E-state index < -0.39 is 15.9 Å². The minimum Gasteiger partial charge on any atom is -0.475 e. The number of hydrogen-bond donors (Lipinski definition) is 2. The highest BCUT2D eigenvalue weighted by atomic mass is 32.2. The third-order valence-corrected chi connectivity index (χ3v) is 8.71. The van der Waals surface area contributed by atoms with Crippen molar-refractivity contribution in [3.8, 4) is 17.1 Å². The first-order chi connectivity index (χ1) is 17.7. The molecule has 3 unspecified atom stereocenters. The van der Waals surface area contributed by atoms with Gasteiger partial charge in [0, 0.05) is 30.4 Å². The maximum Gasteiger partial charge on any atom is 0.281 e. The van der Waals surface area contributed by atoms with E-state index in [1.165, 1.54) is 24.6 Å². The average molecular weight is 521 g/mol. The molecule has 37 heavy (non-hydrogen) atoms. The lowest BCUT2D eigenvalue weighted by Crippen LogP contribution is -2.36. The van der Waals surface area contributed by atoms with Gasteiger partial charge in [0.1, 0.15) is 11.6 Å². The van der Waals surface area contributed by atoms with Crippen LogP contribution in [0.1, 0.15) is 37.0 Å². The molecule has 1 saturated heterocycles. The summed E-state index contributed by atoms with van der Waals surface area (Å²) >= 11 is 0. The Morgan fingerprint density at radius 1 is 1.11 bits per heavy atom. The molecule has 3 fully saturated rings. The van der Waals surface area contributed by atoms with Gasteiger partial charge in [-0.1, -0.05) is 6.07 Å². The van der Waals surface area contributed by atoms with Crippen molar-refractivity contribution in [2.75, 3.05) is 17.2 Å². The molecule has 4 atom stereocenters. The molecular formula is C26H28N6O4S. The molecular weight excluding hydrogens is 492 g/mol. The molecule has 6 rings (SSSR count). The molecule has 3 aliphatic rings. The fraction of sp³-hybridized carbons (Fsp3) is 0.385. The van der Waals surface area contributed by atoms with E-state index >= 15 is 0 Å². The van der Waals surface area contributed by atoms with Crippen LogP contribution in [-0.4, -0.2) is 48.0 Å². The van der Waals surface area contributed by atoms with E-state index in [0.717, 1.165) is 24.4 Å². The third-order valence-electron chi connectivity index (χ3n) is 7.47. The molecule has 3 aromatic heterocycles. The number of carbonyl (C=O) groups is 1. The second kappa shape index (κ2) is 8.69. The Balaban J connectivity index is 1.34. The molecule has 3 aromatic rings. The smallest absolute Gasteiger partial charge is 0.281 e. The van der Waals surface area contributed by atoms with Crippen molar-refractivity contribution >= 4 is 27.6 Å². The van der Waals surface area contributed by atoms with Crippen molar-refractivity contribution in [3.63, 3.8) is 0 Å². The summed E-state index contributed by atoms with van der Waals surface area (Å²) in [6.07, 6.45) is 3.94. The second-order valence-electron chi connectivity index (χ2n) is 10.2. The number of nitrogens with two attached hydrogens (primary N) is 1. The van der Waals surface area contributed by atoms with E-state index in [-0.39, 0.29) is 22.5 Å². The number of nitrogens with one attached hydrogen (secondary N) is 1. The van der Waals surface area contributed by atoms with Crippen LogP contribution in [-0.2, 0) is 10.0 Å². The number of hydrogen-bond acceptors (Lipinski definition) is 9. The maximum absolute atomic E-state index is 13.3. The molecule has 192 valence electrons. The van der Waals surface area contributed by atoms with Crippen molar-refractivity contribution in [3.05, 3.63) is 54.2 Å². The van der Waals surface area contributed by atoms with E-state index in [1.54, 1.807) is 24.4 Å². The molecule has 3 N–H and O–H groups in total. The number of amides is 1. The maximum atomic E-state index is 13.3. The fourth-order valence-electron chi connectivity index (χ4n) is 5.89. The molecule has 0 spiro atoms. The SMILES string of the molecule is CC(C)Oc1ccc(-c2ccc(C(=O)NS(=O)(=O)c3cccc(N)n3)c(N3CC4C5CC[C@H]3C54)n2)cn1. The standard InChI is InChI=1S/C26H28N6O4S/c1-14(2)36-22-11-6-15(12-28-22)19-9-7-17(25(29-19)32-13-18-16-8-10-20(32)24(16)18)26(33)31-37(34,35)23-5-3-4-21(27)30-23/h3-7,9,11-12,14,16,18,20,24H,8,10,13H2,1-2H3,(H2,27,30)(H,31,33)/t16?,18?,20-,24?/m0/s1. The fourth-order valence-corrected chi connectivity index (χ4v) is 6.83. The lowest BCUT2D eigenvalue weighted by molar-refractivity contribution is 0.0981. The first-order valence-electron chi connectivity index (χ1n) is 12.4. The summed E-state index contributed by atoms with van der Waals surface area (Å²) in [5, 5.41) is -0.317. The van der Waals surface area contributed by atoms with E-state index in [1.807, 2.05) is 19.9 Å². The predicted molar refractivity (Wildman–Crippen MR) is 137 cm³/mol. The van der Waals surface area contributed by atoms with Crippen LogP contribution in [0.15, 0.2) is 53.7 Å². The number of rotatable bonds is 7. The Kier molecular flexibility index (Phi) is 5.55. The molecule has 2 saturated carbocycles. The summed E-state index contributed by atoms with van der Waals surface area (Å²) in [7, 11) is -4.22. The minimum atomic E-state index is -4.22. The Morgan fingerprint density at radius 2 is 1.95 bits per heavy atom. The van der Waals surface area contributed by atoms with Gasteiger partial charge in [-0.3, -0.25) is 4.79 Å². The lowest BCUT2D eigenvalue weighted by Gasteiger charge is -2.28. The summed E-state index contributed by atoms with van der Waals surface area (Å²) in [6.45, 7) is 4.69. The second-order valence-corrected chi connectivity index (χ2v) is 11.8. The van der Waals surface area contributed by atoms with Crippen molar-refractivity contribution in [2.24, 2.45) is 17.8 Å². The van der Waals surface area contributed by atoms with Crippen LogP contribution in [0, 0.1) is 17.8 Å². The van der Waals surface area contributed by atoms with E-state index in [4.69, 9.17) is 15.5 Å². The van der Waals surface area contributed by atoms with Gasteiger partial charge in [-0.05, 0) is 74.8 Å². The quantitative estimate of drug-likeness (QED) is 0.481. The van der Waals surface area contributed by atoms with Gasteiger partial charge in [0.2, 0.25) is 5.88 Å². The number of piperidine rings is 1. The van der Waals surface area contributed by atoms with Crippen LogP contribution < -0.4 is 20.1 Å². The molecule has 10 nitrogen and oxygen atoms in total. The zero-order chi connectivity index (χ0) is 25.9. The molecule has 4 heterocycles. The molecule has 11 heteroatoms. The molecule has 0 bridgehead atoms. The first-order valence-corrected chi connectivity index (χ1v) is 13.9. The number of pyridine rings is 3. The first kappa shape index (κ1) is 23.7. The largest absolute Gasteiger partial charge is 0.475 e. The monoisotopic (exact) mass is 520 g/mol. The summed E-state index contributed by atoms with van der Waals surface area (Å²) in [5.74, 6) is 2.33. The van der Waals surface area contributed by atoms with Crippen LogP contribution in [0.2, 0.25) is 0 Å². The molecule has 2 aliphatic carbocycles. The highest BCUT2D eigenvalue weighted by molar-refractivity contribution is 7.90. The summed E-state index contributed by atoms with van der Waals surface area (Å²) < 4.78 is 33.5. The van der Waals surface area contributed by atoms with Crippen LogP contribution in [0.5, 0.6) is 5.88 Å². The summed E-state index contributed by atoms with van der Waals surface area (Å²) in [5.41, 5.74) is 7.26. The van der Waals surface area contributed by atoms with Crippen molar-refractivity contribution < 1.29 is 17.9 Å². The zero-order valence-electron chi connectivity index (χ0n) is 20.5. The van der Waals surface area contributed by atoms with Gasteiger partial charge in [-0.25, -0.2) is 19.7 Å². The van der Waals surface area contributed by atoms with Gasteiger partial charge in [0.25, 0.3) is 15.9 Å². The summed E-state index contributed by atoms with van der Waals surface area (Å²) in [6, 6.07) is 11.6. The number of fused-ring (bicyclic) bond motifs is 1. The Morgan fingerprint density at radius 3 is 2.65 bits per heavy atom. The Hall–Kier alpha value is -3.73. The Bertz CT molecular complexity index is 1480. The minimum absolute atomic E-state index is 0.0107. The van der Waals surface area contributed by atoms with Gasteiger partial charge in [-0.15, -0.1) is 0 Å². The van der Waals surface area contributed by atoms with Crippen LogP contribution in [0.4, 0.5) is 11.6 Å². The number of ether oxygens (including phenoxy) is 1. The lowest BCUT2D eigenvalue weighted by atomic mass is 10.1. The van der Waals surface area contributed by atoms with E-state index in [0.29, 0.717) is 35.3 Å². The molecule has 1 amide bonds. The van der Waals surface area contributed by atoms with E-state index in [9.17, 15) is 13.2 Å². The predicted octanol–water partition coefficient (Wildman–Crippen LogP) is 2.87. The zero-order valence-corrected chi connectivity index (χ0v) is 21.4. The van der Waals surface area contributed by atoms with Crippen molar-refractivity contribution in [1.82, 2.24) is 19.7 Å².